The Hall–Kier alpha value is -3.07. The molecule has 1 aliphatic carbocycles. The predicted octanol–water partition coefficient (Wildman–Crippen LogP) is 3.18. The second-order valence-electron chi connectivity index (χ2n) is 8.13. The van der Waals surface area contributed by atoms with Crippen LogP contribution >= 0.6 is 11.3 Å². The van der Waals surface area contributed by atoms with Gasteiger partial charge in [-0.15, -0.1) is 11.3 Å². The number of anilines is 2. The summed E-state index contributed by atoms with van der Waals surface area (Å²) in [7, 11) is 1.35. The molecular formula is C23H24N2O6S. The summed E-state index contributed by atoms with van der Waals surface area (Å²) in [5.41, 5.74) is 2.13. The summed E-state index contributed by atoms with van der Waals surface area (Å²) in [6.45, 7) is 1.22. The van der Waals surface area contributed by atoms with E-state index >= 15 is 0 Å². The molecule has 2 amide bonds. The number of carbonyl (C=O) groups is 3. The highest BCUT2D eigenvalue weighted by Gasteiger charge is 2.37. The summed E-state index contributed by atoms with van der Waals surface area (Å²) in [4.78, 5) is 40.9. The third kappa shape index (κ3) is 3.70. The number of nitrogens with zero attached hydrogens (tertiary/aromatic N) is 1. The number of esters is 1. The number of amides is 2. The number of hydrogen-bond acceptors (Lipinski definition) is 7. The zero-order chi connectivity index (χ0) is 22.2. The second kappa shape index (κ2) is 8.46. The van der Waals surface area contributed by atoms with Crippen LogP contribution in [0.25, 0.3) is 0 Å². The molecule has 1 N–H and O–H groups in total. The van der Waals surface area contributed by atoms with E-state index in [-0.39, 0.29) is 24.8 Å². The van der Waals surface area contributed by atoms with Crippen LogP contribution in [0.3, 0.4) is 0 Å². The Bertz CT molecular complexity index is 1090. The molecule has 0 saturated carbocycles. The third-order valence-corrected chi connectivity index (χ3v) is 7.34. The summed E-state index contributed by atoms with van der Waals surface area (Å²) in [6.07, 6.45) is 3.91. The molecule has 9 heteroatoms. The maximum absolute atomic E-state index is 13.1. The lowest BCUT2D eigenvalue weighted by atomic mass is 9.95. The number of nitrogens with one attached hydrogen (secondary N) is 1. The minimum Gasteiger partial charge on any atom is -0.486 e. The van der Waals surface area contributed by atoms with Gasteiger partial charge in [-0.1, -0.05) is 0 Å². The standard InChI is InChI=1S/C23H24N2O6S/c1-29-23(28)20-15-4-2-3-5-18(15)32-22(20)24-21(27)13-10-19(26)25(12-13)14-6-7-16-17(11-14)31-9-8-30-16/h6-7,11,13H,2-5,8-10,12H2,1H3,(H,24,27). The van der Waals surface area contributed by atoms with E-state index in [1.807, 2.05) is 0 Å². The largest absolute Gasteiger partial charge is 0.486 e. The average molecular weight is 457 g/mol. The fraction of sp³-hybridized carbons (Fsp3) is 0.435. The van der Waals surface area contributed by atoms with Gasteiger partial charge in [-0.25, -0.2) is 4.79 Å². The Morgan fingerprint density at radius 1 is 1.16 bits per heavy atom. The Morgan fingerprint density at radius 3 is 2.75 bits per heavy atom. The topological polar surface area (TPSA) is 94.2 Å². The quantitative estimate of drug-likeness (QED) is 0.711. The number of methoxy groups -OCH3 is 1. The Labute approximate surface area is 189 Å². The number of benzene rings is 1. The Kier molecular flexibility index (Phi) is 5.50. The minimum atomic E-state index is -0.514. The molecule has 0 radical (unpaired) electrons. The normalized spacial score (nSPS) is 19.5. The molecule has 3 heterocycles. The lowest BCUT2D eigenvalue weighted by Crippen LogP contribution is -2.28. The van der Waals surface area contributed by atoms with Crippen LogP contribution in [0.15, 0.2) is 18.2 Å². The first-order valence-electron chi connectivity index (χ1n) is 10.8. The molecule has 0 bridgehead atoms. The summed E-state index contributed by atoms with van der Waals surface area (Å²) in [6, 6.07) is 5.35. The van der Waals surface area contributed by atoms with Crippen molar-refractivity contribution in [1.29, 1.82) is 0 Å². The fourth-order valence-corrected chi connectivity index (χ4v) is 5.80. The maximum atomic E-state index is 13.1. The highest BCUT2D eigenvalue weighted by atomic mass is 32.1. The van der Waals surface area contributed by atoms with Crippen molar-refractivity contribution in [3.63, 3.8) is 0 Å². The van der Waals surface area contributed by atoms with E-state index in [1.54, 1.807) is 23.1 Å². The summed E-state index contributed by atoms with van der Waals surface area (Å²) < 4.78 is 16.1. The van der Waals surface area contributed by atoms with Gasteiger partial charge in [-0.3, -0.25) is 9.59 Å². The molecule has 1 fully saturated rings. The highest BCUT2D eigenvalue weighted by molar-refractivity contribution is 7.17. The van der Waals surface area contributed by atoms with Crippen molar-refractivity contribution >= 4 is 39.8 Å². The van der Waals surface area contributed by atoms with Crippen molar-refractivity contribution in [2.45, 2.75) is 32.1 Å². The van der Waals surface area contributed by atoms with E-state index < -0.39 is 11.9 Å². The van der Waals surface area contributed by atoms with Gasteiger partial charge in [0.2, 0.25) is 11.8 Å². The molecule has 3 aliphatic rings. The van der Waals surface area contributed by atoms with Gasteiger partial charge in [0.05, 0.1) is 18.6 Å². The van der Waals surface area contributed by atoms with Gasteiger partial charge in [-0.2, -0.15) is 0 Å². The molecule has 1 saturated heterocycles. The maximum Gasteiger partial charge on any atom is 0.341 e. The highest BCUT2D eigenvalue weighted by Crippen LogP contribution is 2.40. The first kappa shape index (κ1) is 20.8. The molecule has 1 aromatic carbocycles. The van der Waals surface area contributed by atoms with Crippen LogP contribution < -0.4 is 19.7 Å². The number of hydrogen-bond donors (Lipinski definition) is 1. The van der Waals surface area contributed by atoms with Gasteiger partial charge in [0, 0.05) is 29.6 Å². The smallest absolute Gasteiger partial charge is 0.341 e. The SMILES string of the molecule is COC(=O)c1c(NC(=O)C2CC(=O)N(c3ccc4c(c3)OCCO4)C2)sc2c1CCCC2. The van der Waals surface area contributed by atoms with Gasteiger partial charge in [-0.05, 0) is 43.4 Å². The van der Waals surface area contributed by atoms with Gasteiger partial charge < -0.3 is 24.4 Å². The Morgan fingerprint density at radius 2 is 1.94 bits per heavy atom. The first-order chi connectivity index (χ1) is 15.5. The van der Waals surface area contributed by atoms with E-state index in [0.29, 0.717) is 41.0 Å². The predicted molar refractivity (Wildman–Crippen MR) is 119 cm³/mol. The number of rotatable bonds is 4. The monoisotopic (exact) mass is 456 g/mol. The van der Waals surface area contributed by atoms with Gasteiger partial charge in [0.25, 0.3) is 0 Å². The third-order valence-electron chi connectivity index (χ3n) is 6.13. The van der Waals surface area contributed by atoms with Crippen molar-refractivity contribution in [2.24, 2.45) is 5.92 Å². The molecule has 2 aliphatic heterocycles. The van der Waals surface area contributed by atoms with Crippen LogP contribution in [0.4, 0.5) is 10.7 Å². The number of thiophene rings is 1. The van der Waals surface area contributed by atoms with Crippen LogP contribution in [0.2, 0.25) is 0 Å². The Balaban J connectivity index is 1.34. The molecule has 32 heavy (non-hydrogen) atoms. The summed E-state index contributed by atoms with van der Waals surface area (Å²) in [5, 5.41) is 3.45. The molecule has 1 unspecified atom stereocenters. The van der Waals surface area contributed by atoms with E-state index in [0.717, 1.165) is 36.1 Å². The number of ether oxygens (including phenoxy) is 3. The van der Waals surface area contributed by atoms with E-state index in [9.17, 15) is 14.4 Å². The molecule has 1 atom stereocenters. The minimum absolute atomic E-state index is 0.110. The molecule has 0 spiro atoms. The van der Waals surface area contributed by atoms with Crippen molar-refractivity contribution in [1.82, 2.24) is 0 Å². The first-order valence-corrected chi connectivity index (χ1v) is 11.6. The van der Waals surface area contributed by atoms with Gasteiger partial charge in [0.1, 0.15) is 18.2 Å². The summed E-state index contributed by atoms with van der Waals surface area (Å²) in [5.74, 6) is -0.0812. The van der Waals surface area contributed by atoms with Crippen LogP contribution in [-0.4, -0.2) is 44.7 Å². The molecule has 5 rings (SSSR count). The lowest BCUT2D eigenvalue weighted by molar-refractivity contribution is -0.122. The number of aryl methyl sites for hydroxylation is 1. The van der Waals surface area contributed by atoms with Crippen LogP contribution in [-0.2, 0) is 27.2 Å². The second-order valence-corrected chi connectivity index (χ2v) is 9.23. The van der Waals surface area contributed by atoms with Gasteiger partial charge >= 0.3 is 5.97 Å². The van der Waals surface area contributed by atoms with Crippen molar-refractivity contribution < 1.29 is 28.6 Å². The fourth-order valence-electron chi connectivity index (χ4n) is 4.52. The van der Waals surface area contributed by atoms with E-state index in [4.69, 9.17) is 14.2 Å². The lowest BCUT2D eigenvalue weighted by Gasteiger charge is -2.22. The van der Waals surface area contributed by atoms with Crippen LogP contribution in [0.1, 0.15) is 40.1 Å². The molecular weight excluding hydrogens is 432 g/mol. The van der Waals surface area contributed by atoms with E-state index in [1.165, 1.54) is 18.4 Å². The molecule has 1 aromatic heterocycles. The molecule has 8 nitrogen and oxygen atoms in total. The summed E-state index contributed by atoms with van der Waals surface area (Å²) >= 11 is 1.44. The van der Waals surface area contributed by atoms with Crippen molar-refractivity contribution in [2.75, 3.05) is 37.1 Å². The zero-order valence-corrected chi connectivity index (χ0v) is 18.6. The van der Waals surface area contributed by atoms with Crippen molar-refractivity contribution in [3.05, 3.63) is 34.2 Å². The van der Waals surface area contributed by atoms with E-state index in [2.05, 4.69) is 5.32 Å². The number of fused-ring (bicyclic) bond motifs is 2. The number of carbonyl (C=O) groups excluding carboxylic acids is 3. The molecule has 2 aromatic rings. The van der Waals surface area contributed by atoms with Crippen LogP contribution in [0.5, 0.6) is 11.5 Å². The average Bonchev–Trinajstić information content (AvgIpc) is 3.38. The zero-order valence-electron chi connectivity index (χ0n) is 17.8. The van der Waals surface area contributed by atoms with Crippen LogP contribution in [0, 0.1) is 5.92 Å². The van der Waals surface area contributed by atoms with Gasteiger partial charge in [0.15, 0.2) is 11.5 Å². The van der Waals surface area contributed by atoms with Crippen molar-refractivity contribution in [3.8, 4) is 11.5 Å². The molecule has 168 valence electrons.